The van der Waals surface area contributed by atoms with Gasteiger partial charge in [0, 0.05) is 86.6 Å². The number of benzene rings is 15. The topological polar surface area (TPSA) is 155 Å². The van der Waals surface area contributed by atoms with Gasteiger partial charge in [-0.1, -0.05) is 340 Å². The van der Waals surface area contributed by atoms with Crippen molar-refractivity contribution in [2.75, 3.05) is 0 Å². The van der Waals surface area contributed by atoms with E-state index in [1.165, 1.54) is 10.8 Å². The number of hydrogen-bond acceptors (Lipinski definition) is 12. The van der Waals surface area contributed by atoms with Gasteiger partial charge in [0.1, 0.15) is 0 Å². The Labute approximate surface area is 694 Å². The highest BCUT2D eigenvalue weighted by atomic mass is 15.1. The van der Waals surface area contributed by atoms with Crippen LogP contribution in [0.1, 0.15) is 0 Å². The molecule has 12 heteroatoms. The molecule has 120 heavy (non-hydrogen) atoms. The number of rotatable bonds is 15. The Morgan fingerprint density at radius 2 is 0.375 bits per heavy atom. The fraction of sp³-hybridized carbons (Fsp3) is 0. The molecule has 0 spiro atoms. The van der Waals surface area contributed by atoms with Crippen molar-refractivity contribution in [2.45, 2.75) is 0 Å². The second-order valence-electron chi connectivity index (χ2n) is 28.8. The molecule has 12 nitrogen and oxygen atoms in total. The van der Waals surface area contributed by atoms with Crippen LogP contribution in [0.3, 0.4) is 0 Å². The first-order valence-corrected chi connectivity index (χ1v) is 39.7. The van der Waals surface area contributed by atoms with Crippen LogP contribution in [0.15, 0.2) is 437 Å². The summed E-state index contributed by atoms with van der Waals surface area (Å²) in [5, 5.41) is 6.90. The van der Waals surface area contributed by atoms with Gasteiger partial charge in [0.2, 0.25) is 0 Å². The summed E-state index contributed by atoms with van der Waals surface area (Å²) in [6.07, 6.45) is 9.14. The molecule has 6 aromatic heterocycles. The fourth-order valence-corrected chi connectivity index (χ4v) is 14.9. The lowest BCUT2D eigenvalue weighted by Crippen LogP contribution is -2.01. The minimum Gasteiger partial charge on any atom is -0.265 e. The second-order valence-corrected chi connectivity index (χ2v) is 28.8. The average molecular weight is 1540 g/mol. The average Bonchev–Trinajstić information content (AvgIpc) is 0.692. The van der Waals surface area contributed by atoms with Crippen LogP contribution in [0.5, 0.6) is 0 Å². The van der Waals surface area contributed by atoms with Gasteiger partial charge in [-0.2, -0.15) is 0 Å². The Hall–Kier alpha value is -16.4. The highest BCUT2D eigenvalue weighted by Crippen LogP contribution is 2.42. The Balaban J connectivity index is 0.000000119. The van der Waals surface area contributed by atoms with Crippen LogP contribution in [0.2, 0.25) is 0 Å². The smallest absolute Gasteiger partial charge is 0.164 e. The number of nitrogens with zero attached hydrogens (tertiary/aromatic N) is 12. The number of aromatic nitrogens is 12. The van der Waals surface area contributed by atoms with Crippen LogP contribution >= 0.6 is 0 Å². The molecule has 0 fully saturated rings. The standard InChI is InChI=1S/3C36H24N4/c1-3-11-27(12-4-1)34-38-35(28-13-5-2-6-14-28)40-36(39-34)32-24-30-16-8-7-15-29(30)23-31(32)25-18-20-26(21-19-25)33-17-9-10-22-37-33;1-3-10-27(11-4-1)34-38-35(28-12-5-2-6-13-28)40-36(39-34)33-23-30-15-8-7-14-29(30)22-32(33)26-19-17-25(18-20-26)31-16-9-21-37-24-31;1-3-9-28(10-4-1)34-38-35(29-11-5-2-6-12-29)40-36(39-34)33-24-31-14-8-7-13-30(31)23-32(33)27-17-15-25(16-18-27)26-19-21-37-22-20-26/h3*1-24H. The zero-order valence-corrected chi connectivity index (χ0v) is 64.9. The van der Waals surface area contributed by atoms with E-state index >= 15 is 0 Å². The Morgan fingerprint density at radius 1 is 0.133 bits per heavy atom. The molecule has 0 saturated carbocycles. The third kappa shape index (κ3) is 16.4. The molecule has 6 heterocycles. The maximum Gasteiger partial charge on any atom is 0.164 e. The molecule has 21 rings (SSSR count). The molecule has 0 aliphatic heterocycles. The summed E-state index contributed by atoms with van der Waals surface area (Å²) in [4.78, 5) is 57.7. The van der Waals surface area contributed by atoms with E-state index in [1.54, 1.807) is 6.20 Å². The van der Waals surface area contributed by atoms with Gasteiger partial charge in [0.05, 0.1) is 5.69 Å². The first kappa shape index (κ1) is 73.7. The van der Waals surface area contributed by atoms with E-state index in [1.807, 2.05) is 243 Å². The van der Waals surface area contributed by atoms with Crippen LogP contribution < -0.4 is 0 Å². The first-order chi connectivity index (χ1) is 59.4. The van der Waals surface area contributed by atoms with Crippen molar-refractivity contribution in [3.63, 3.8) is 0 Å². The molecule has 0 radical (unpaired) electrons. The van der Waals surface area contributed by atoms with E-state index < -0.39 is 0 Å². The van der Waals surface area contributed by atoms with Crippen molar-refractivity contribution >= 4 is 32.3 Å². The monoisotopic (exact) mass is 1540 g/mol. The van der Waals surface area contributed by atoms with Gasteiger partial charge in [-0.25, -0.2) is 44.9 Å². The molecule has 0 amide bonds. The summed E-state index contributed by atoms with van der Waals surface area (Å²) in [7, 11) is 0. The number of hydrogen-bond donors (Lipinski definition) is 0. The van der Waals surface area contributed by atoms with Gasteiger partial charge in [-0.3, -0.25) is 15.0 Å². The number of fused-ring (bicyclic) bond motifs is 3. The van der Waals surface area contributed by atoms with Gasteiger partial charge in [-0.05, 0) is 155 Å². The molecule has 0 saturated heterocycles. The van der Waals surface area contributed by atoms with Crippen LogP contribution in [0.4, 0.5) is 0 Å². The van der Waals surface area contributed by atoms with Crippen molar-refractivity contribution in [2.24, 2.45) is 0 Å². The molecule has 15 aromatic carbocycles. The minimum atomic E-state index is 0.641. The number of pyridine rings is 3. The van der Waals surface area contributed by atoms with Crippen molar-refractivity contribution in [3.05, 3.63) is 437 Å². The van der Waals surface area contributed by atoms with Crippen LogP contribution in [-0.4, -0.2) is 59.8 Å². The summed E-state index contributed by atoms with van der Waals surface area (Å²) in [6.45, 7) is 0. The van der Waals surface area contributed by atoms with Crippen molar-refractivity contribution in [1.29, 1.82) is 0 Å². The lowest BCUT2D eigenvalue weighted by atomic mass is 9.93. The van der Waals surface area contributed by atoms with E-state index in [4.69, 9.17) is 44.9 Å². The van der Waals surface area contributed by atoms with E-state index in [-0.39, 0.29) is 0 Å². The zero-order chi connectivity index (χ0) is 80.2. The normalized spacial score (nSPS) is 11.0. The quantitative estimate of drug-likeness (QED) is 0.0959. The van der Waals surface area contributed by atoms with E-state index in [0.29, 0.717) is 52.4 Å². The summed E-state index contributed by atoms with van der Waals surface area (Å²) in [5.74, 6) is 5.82. The lowest BCUT2D eigenvalue weighted by molar-refractivity contribution is 1.07. The molecular formula is C108H72N12. The highest BCUT2D eigenvalue weighted by molar-refractivity contribution is 5.99. The molecule has 0 unspecified atom stereocenters. The predicted molar refractivity (Wildman–Crippen MR) is 487 cm³/mol. The summed E-state index contributed by atoms with van der Waals surface area (Å²) in [6, 6.07) is 139. The SMILES string of the molecule is c1ccc(-c2nc(-c3ccccc3)nc(-c3cc4ccccc4cc3-c3ccc(-c4ccccn4)cc3)n2)cc1.c1ccc(-c2nc(-c3ccccc3)nc(-c3cc4ccccc4cc3-c3ccc(-c4cccnc4)cc3)n2)cc1.c1ccc(-c2nc(-c3ccccc3)nc(-c3cc4ccccc4cc3-c3ccc(-c4ccncc4)cc3)n2)cc1. The maximum atomic E-state index is 5.03. The van der Waals surface area contributed by atoms with Crippen LogP contribution in [0.25, 0.3) is 202 Å². The molecule has 0 aliphatic rings. The van der Waals surface area contributed by atoms with Crippen LogP contribution in [0, 0.1) is 0 Å². The Bertz CT molecular complexity index is 6270. The van der Waals surface area contributed by atoms with Gasteiger partial charge in [0.15, 0.2) is 52.4 Å². The van der Waals surface area contributed by atoms with Crippen molar-refractivity contribution < 1.29 is 0 Å². The summed E-state index contributed by atoms with van der Waals surface area (Å²) in [5.41, 5.74) is 21.6. The fourth-order valence-electron chi connectivity index (χ4n) is 14.9. The zero-order valence-electron chi connectivity index (χ0n) is 64.9. The molecular weight excluding hydrogens is 1470 g/mol. The third-order valence-electron chi connectivity index (χ3n) is 21.0. The van der Waals surface area contributed by atoms with E-state index in [0.717, 1.165) is 139 Å². The second kappa shape index (κ2) is 34.3. The van der Waals surface area contributed by atoms with E-state index in [2.05, 4.69) is 203 Å². The minimum absolute atomic E-state index is 0.641. The largest absolute Gasteiger partial charge is 0.265 e. The van der Waals surface area contributed by atoms with Gasteiger partial charge in [0.25, 0.3) is 0 Å². The molecule has 21 aromatic rings. The van der Waals surface area contributed by atoms with Gasteiger partial charge in [-0.15, -0.1) is 0 Å². The summed E-state index contributed by atoms with van der Waals surface area (Å²) >= 11 is 0. The van der Waals surface area contributed by atoms with Gasteiger partial charge < -0.3 is 0 Å². The molecule has 0 aliphatic carbocycles. The maximum absolute atomic E-state index is 5.03. The Kier molecular flexibility index (Phi) is 21.1. The first-order valence-electron chi connectivity index (χ1n) is 39.7. The molecule has 0 bridgehead atoms. The summed E-state index contributed by atoms with van der Waals surface area (Å²) < 4.78 is 0. The molecule has 0 N–H and O–H groups in total. The highest BCUT2D eigenvalue weighted by Gasteiger charge is 2.22. The third-order valence-corrected chi connectivity index (χ3v) is 21.0. The molecule has 0 atom stereocenters. The van der Waals surface area contributed by atoms with Crippen molar-refractivity contribution in [1.82, 2.24) is 59.8 Å². The predicted octanol–water partition coefficient (Wildman–Crippen LogP) is 26.3. The van der Waals surface area contributed by atoms with Gasteiger partial charge >= 0.3 is 0 Å². The lowest BCUT2D eigenvalue weighted by Gasteiger charge is -2.14. The molecule has 564 valence electrons. The van der Waals surface area contributed by atoms with E-state index in [9.17, 15) is 0 Å². The van der Waals surface area contributed by atoms with Crippen LogP contribution in [-0.2, 0) is 0 Å². The Morgan fingerprint density at radius 3 is 0.658 bits per heavy atom. The van der Waals surface area contributed by atoms with Crippen molar-refractivity contribution in [3.8, 4) is 169 Å².